The first-order valence-electron chi connectivity index (χ1n) is 10.6. The summed E-state index contributed by atoms with van der Waals surface area (Å²) >= 11 is 7.90. The van der Waals surface area contributed by atoms with Gasteiger partial charge in [0.25, 0.3) is 0 Å². The highest BCUT2D eigenvalue weighted by atomic mass is 35.5. The van der Waals surface area contributed by atoms with Crippen molar-refractivity contribution in [2.75, 3.05) is 32.9 Å². The maximum atomic E-state index is 12.8. The third-order valence-corrected chi connectivity index (χ3v) is 7.15. The molecule has 4 rings (SSSR count). The van der Waals surface area contributed by atoms with Crippen LogP contribution in [0.2, 0.25) is 5.02 Å². The number of fused-ring (bicyclic) bond motifs is 1. The first-order valence-corrected chi connectivity index (χ1v) is 12.2. The van der Waals surface area contributed by atoms with Crippen LogP contribution in [0.5, 0.6) is 5.75 Å². The molecule has 0 spiro atoms. The number of piperidine rings is 1. The van der Waals surface area contributed by atoms with Gasteiger partial charge >= 0.3 is 6.09 Å². The van der Waals surface area contributed by atoms with Crippen LogP contribution < -0.4 is 4.74 Å². The number of nitrogens with one attached hydrogen (secondary N) is 1. The zero-order valence-corrected chi connectivity index (χ0v) is 19.5. The Hall–Kier alpha value is -2.15. The summed E-state index contributed by atoms with van der Waals surface area (Å²) < 4.78 is 5.81. The predicted octanol–water partition coefficient (Wildman–Crippen LogP) is 5.68. The molecule has 5 nitrogen and oxygen atoms in total. The molecule has 1 aromatic heterocycles. The van der Waals surface area contributed by atoms with Gasteiger partial charge in [-0.3, -0.25) is 0 Å². The van der Waals surface area contributed by atoms with Gasteiger partial charge in [0.15, 0.2) is 0 Å². The van der Waals surface area contributed by atoms with Crippen LogP contribution in [0.4, 0.5) is 4.79 Å². The van der Waals surface area contributed by atoms with Crippen molar-refractivity contribution in [3.05, 3.63) is 59.2 Å². The number of halogens is 1. The molecular weight excluding hydrogens is 430 g/mol. The molecule has 1 aliphatic heterocycles. The molecule has 1 saturated heterocycles. The second-order valence-electron chi connectivity index (χ2n) is 7.95. The molecule has 1 amide bonds. The summed E-state index contributed by atoms with van der Waals surface area (Å²) in [6, 6.07) is 14.6. The number of hydrogen-bond acceptors (Lipinski definition) is 4. The van der Waals surface area contributed by atoms with E-state index in [1.807, 2.05) is 17.4 Å². The number of hydrogen-bond donors (Lipinski definition) is 1. The average Bonchev–Trinajstić information content (AvgIpc) is 3.25. The zero-order chi connectivity index (χ0) is 21.8. The lowest BCUT2D eigenvalue weighted by Crippen LogP contribution is -2.46. The summed E-state index contributed by atoms with van der Waals surface area (Å²) in [5, 5.41) is 1.48. The number of aromatic nitrogens is 1. The fraction of sp³-hybridized carbons (Fsp3) is 0.375. The van der Waals surface area contributed by atoms with Crippen molar-refractivity contribution in [1.29, 1.82) is 0 Å². The number of benzene rings is 2. The van der Waals surface area contributed by atoms with Crippen molar-refractivity contribution in [3.8, 4) is 5.75 Å². The molecule has 1 aliphatic rings. The monoisotopic (exact) mass is 457 g/mol. The highest BCUT2D eigenvalue weighted by Crippen LogP contribution is 2.37. The normalized spacial score (nSPS) is 15.0. The van der Waals surface area contributed by atoms with Gasteiger partial charge < -0.3 is 19.5 Å². The van der Waals surface area contributed by atoms with E-state index in [1.165, 1.54) is 5.56 Å². The van der Waals surface area contributed by atoms with Gasteiger partial charge in [0.2, 0.25) is 0 Å². The van der Waals surface area contributed by atoms with Crippen molar-refractivity contribution < 1.29 is 9.53 Å². The van der Waals surface area contributed by atoms with Crippen LogP contribution in [0, 0.1) is 0 Å². The van der Waals surface area contributed by atoms with Gasteiger partial charge in [-0.2, -0.15) is 0 Å². The van der Waals surface area contributed by atoms with Gasteiger partial charge in [0.1, 0.15) is 5.75 Å². The van der Waals surface area contributed by atoms with E-state index in [4.69, 9.17) is 16.3 Å². The molecule has 7 heteroatoms. The van der Waals surface area contributed by atoms with Gasteiger partial charge in [-0.15, -0.1) is 11.8 Å². The van der Waals surface area contributed by atoms with Crippen molar-refractivity contribution >= 4 is 40.4 Å². The third-order valence-electron chi connectivity index (χ3n) is 6.07. The molecule has 2 heterocycles. The Bertz CT molecular complexity index is 1030. The molecule has 0 atom stereocenters. The number of likely N-dealkylation sites (N-methyl/N-ethyl adjacent to an activating group) is 1. The number of ether oxygens (including phenoxy) is 1. The van der Waals surface area contributed by atoms with E-state index in [2.05, 4.69) is 47.3 Å². The Morgan fingerprint density at radius 1 is 1.23 bits per heavy atom. The molecule has 1 fully saturated rings. The second kappa shape index (κ2) is 9.98. The van der Waals surface area contributed by atoms with Crippen LogP contribution in [0.25, 0.3) is 10.9 Å². The van der Waals surface area contributed by atoms with Crippen molar-refractivity contribution in [2.24, 2.45) is 0 Å². The maximum absolute atomic E-state index is 12.8. The minimum Gasteiger partial charge on any atom is -0.409 e. The number of amides is 1. The zero-order valence-electron chi connectivity index (χ0n) is 17.9. The first-order chi connectivity index (χ1) is 15.1. The van der Waals surface area contributed by atoms with Gasteiger partial charge in [0.05, 0.1) is 15.9 Å². The Balaban J connectivity index is 1.33. The van der Waals surface area contributed by atoms with Crippen LogP contribution in [-0.4, -0.2) is 59.9 Å². The topological polar surface area (TPSA) is 48.6 Å². The van der Waals surface area contributed by atoms with E-state index in [-0.39, 0.29) is 6.09 Å². The summed E-state index contributed by atoms with van der Waals surface area (Å²) in [6.45, 7) is 2.43. The van der Waals surface area contributed by atoms with Crippen molar-refractivity contribution in [2.45, 2.75) is 30.2 Å². The Labute approximate surface area is 192 Å². The number of rotatable bonds is 6. The number of aromatic amines is 1. The smallest absolute Gasteiger partial charge is 0.409 e. The number of H-pyrrole nitrogens is 1. The molecule has 164 valence electrons. The number of carbonyl (C=O) groups excluding carboxylic acids is 1. The van der Waals surface area contributed by atoms with E-state index in [9.17, 15) is 4.79 Å². The van der Waals surface area contributed by atoms with Crippen LogP contribution in [0.3, 0.4) is 0 Å². The summed E-state index contributed by atoms with van der Waals surface area (Å²) in [4.78, 5) is 21.3. The van der Waals surface area contributed by atoms with Crippen molar-refractivity contribution in [1.82, 2.24) is 14.8 Å². The van der Waals surface area contributed by atoms with E-state index in [0.717, 1.165) is 41.6 Å². The number of likely N-dealkylation sites (tertiary alicyclic amines) is 1. The number of carbonyl (C=O) groups is 1. The van der Waals surface area contributed by atoms with Gasteiger partial charge in [0, 0.05) is 36.8 Å². The van der Waals surface area contributed by atoms with E-state index in [1.54, 1.807) is 23.9 Å². The average molecular weight is 458 g/mol. The molecule has 1 N–H and O–H groups in total. The van der Waals surface area contributed by atoms with Crippen LogP contribution in [0.1, 0.15) is 18.4 Å². The summed E-state index contributed by atoms with van der Waals surface area (Å²) in [6.07, 6.45) is 6.56. The fourth-order valence-electron chi connectivity index (χ4n) is 4.18. The van der Waals surface area contributed by atoms with E-state index in [0.29, 0.717) is 29.9 Å². The molecule has 3 aromatic rings. The maximum Gasteiger partial charge on any atom is 0.415 e. The van der Waals surface area contributed by atoms with Gasteiger partial charge in [-0.1, -0.05) is 41.9 Å². The van der Waals surface area contributed by atoms with Gasteiger partial charge in [-0.25, -0.2) is 4.79 Å². The van der Waals surface area contributed by atoms with Crippen LogP contribution in [-0.2, 0) is 6.42 Å². The van der Waals surface area contributed by atoms with Crippen molar-refractivity contribution in [3.63, 3.8) is 0 Å². The lowest BCUT2D eigenvalue weighted by Gasteiger charge is -2.36. The molecule has 0 unspecified atom stereocenters. The van der Waals surface area contributed by atoms with Gasteiger partial charge in [-0.05, 0) is 50.3 Å². The standard InChI is InChI=1S/C24H28ClN3O2S/c1-27(13-10-17-6-4-3-5-7-17)18-11-14-28(15-12-18)24(29)30-20-9-8-19(25)23-22(20)21(31-2)16-26-23/h3-9,16,18,26H,10-15H2,1-2H3. The molecule has 0 radical (unpaired) electrons. The predicted molar refractivity (Wildman–Crippen MR) is 128 cm³/mol. The SMILES string of the molecule is CSc1c[nH]c2c(Cl)ccc(OC(=O)N3CCC(N(C)CCc4ccccc4)CC3)c12. The fourth-order valence-corrected chi connectivity index (χ4v) is 4.98. The summed E-state index contributed by atoms with van der Waals surface area (Å²) in [5.41, 5.74) is 2.16. The highest BCUT2D eigenvalue weighted by molar-refractivity contribution is 7.98. The molecular formula is C24H28ClN3O2S. The largest absolute Gasteiger partial charge is 0.415 e. The van der Waals surface area contributed by atoms with E-state index < -0.39 is 0 Å². The van der Waals surface area contributed by atoms with Crippen LogP contribution >= 0.6 is 23.4 Å². The third kappa shape index (κ3) is 5.03. The minimum atomic E-state index is -0.290. The lowest BCUT2D eigenvalue weighted by molar-refractivity contribution is 0.111. The first kappa shape index (κ1) is 22.1. The second-order valence-corrected chi connectivity index (χ2v) is 9.21. The molecule has 31 heavy (non-hydrogen) atoms. The Morgan fingerprint density at radius 3 is 2.68 bits per heavy atom. The number of nitrogens with zero attached hydrogens (tertiary/aromatic N) is 2. The molecule has 2 aromatic carbocycles. The molecule has 0 bridgehead atoms. The van der Waals surface area contributed by atoms with Crippen LogP contribution in [0.15, 0.2) is 53.6 Å². The Kier molecular flexibility index (Phi) is 7.10. The highest BCUT2D eigenvalue weighted by Gasteiger charge is 2.27. The number of thioether (sulfide) groups is 1. The summed E-state index contributed by atoms with van der Waals surface area (Å²) in [5.74, 6) is 0.553. The lowest BCUT2D eigenvalue weighted by atomic mass is 10.0. The minimum absolute atomic E-state index is 0.290. The quantitative estimate of drug-likeness (QED) is 0.483. The Morgan fingerprint density at radius 2 is 1.97 bits per heavy atom. The molecule has 0 saturated carbocycles. The summed E-state index contributed by atoms with van der Waals surface area (Å²) in [7, 11) is 2.18. The van der Waals surface area contributed by atoms with E-state index >= 15 is 0 Å². The molecule has 0 aliphatic carbocycles.